The Morgan fingerprint density at radius 1 is 1.45 bits per heavy atom. The lowest BCUT2D eigenvalue weighted by atomic mass is 10.1. The molecular formula is C15H23N3O2. The molecule has 0 saturated heterocycles. The van der Waals surface area contributed by atoms with Crippen molar-refractivity contribution in [1.82, 2.24) is 5.32 Å². The van der Waals surface area contributed by atoms with Crippen molar-refractivity contribution in [3.05, 3.63) is 36.4 Å². The van der Waals surface area contributed by atoms with Crippen LogP contribution in [0, 0.1) is 0 Å². The van der Waals surface area contributed by atoms with E-state index in [-0.39, 0.29) is 5.91 Å². The number of carbonyl (C=O) groups is 1. The number of carbonyl (C=O) groups excluding carboxylic acids is 1. The highest BCUT2D eigenvalue weighted by Crippen LogP contribution is 2.22. The predicted octanol–water partition coefficient (Wildman–Crippen LogP) is 1.66. The second-order valence-electron chi connectivity index (χ2n) is 4.61. The quantitative estimate of drug-likeness (QED) is 0.431. The van der Waals surface area contributed by atoms with Crippen molar-refractivity contribution in [1.29, 1.82) is 0 Å². The highest BCUT2D eigenvalue weighted by atomic mass is 16.5. The van der Waals surface area contributed by atoms with Crippen LogP contribution in [0.1, 0.15) is 16.8 Å². The van der Waals surface area contributed by atoms with E-state index < -0.39 is 0 Å². The third-order valence-electron chi connectivity index (χ3n) is 2.77. The minimum absolute atomic E-state index is 0.144. The van der Waals surface area contributed by atoms with Crippen LogP contribution in [0.2, 0.25) is 0 Å². The molecule has 0 fully saturated rings. The van der Waals surface area contributed by atoms with Crippen molar-refractivity contribution >= 4 is 17.3 Å². The first-order valence-corrected chi connectivity index (χ1v) is 6.60. The molecule has 3 N–H and O–H groups in total. The molecular weight excluding hydrogens is 254 g/mol. The first-order chi connectivity index (χ1) is 9.56. The molecule has 1 aromatic carbocycles. The summed E-state index contributed by atoms with van der Waals surface area (Å²) < 4.78 is 5.32. The second kappa shape index (κ2) is 8.22. The van der Waals surface area contributed by atoms with E-state index in [1.54, 1.807) is 18.2 Å². The Kier molecular flexibility index (Phi) is 6.59. The number of nitrogen functional groups attached to an aromatic ring is 1. The average Bonchev–Trinajstić information content (AvgIpc) is 2.41. The molecule has 5 nitrogen and oxygen atoms in total. The minimum Gasteiger partial charge on any atom is -0.397 e. The van der Waals surface area contributed by atoms with E-state index in [1.807, 2.05) is 25.1 Å². The zero-order chi connectivity index (χ0) is 15.0. The number of rotatable bonds is 8. The Morgan fingerprint density at radius 3 is 2.80 bits per heavy atom. The Labute approximate surface area is 120 Å². The van der Waals surface area contributed by atoms with Crippen LogP contribution in [0.4, 0.5) is 11.4 Å². The van der Waals surface area contributed by atoms with Gasteiger partial charge in [-0.15, -0.1) is 6.58 Å². The summed E-state index contributed by atoms with van der Waals surface area (Å²) in [5, 5.41) is 2.79. The van der Waals surface area contributed by atoms with Crippen LogP contribution < -0.4 is 16.0 Å². The number of amides is 1. The smallest absolute Gasteiger partial charge is 0.251 e. The molecule has 0 spiro atoms. The van der Waals surface area contributed by atoms with Gasteiger partial charge in [0.25, 0.3) is 5.91 Å². The van der Waals surface area contributed by atoms with Gasteiger partial charge in [0.1, 0.15) is 0 Å². The van der Waals surface area contributed by atoms with Gasteiger partial charge in [-0.25, -0.2) is 0 Å². The van der Waals surface area contributed by atoms with Gasteiger partial charge in [0, 0.05) is 26.2 Å². The number of nitrogens with one attached hydrogen (secondary N) is 1. The second-order valence-corrected chi connectivity index (χ2v) is 4.61. The number of hydrogen-bond acceptors (Lipinski definition) is 4. The molecule has 0 radical (unpaired) electrons. The largest absolute Gasteiger partial charge is 0.397 e. The van der Waals surface area contributed by atoms with E-state index in [4.69, 9.17) is 10.5 Å². The SMILES string of the molecule is C=CCCOCCNC(=O)c1ccc(N(C)C)c(N)c1. The topological polar surface area (TPSA) is 67.6 Å². The van der Waals surface area contributed by atoms with E-state index in [1.165, 1.54) is 0 Å². The van der Waals surface area contributed by atoms with Gasteiger partial charge in [-0.1, -0.05) is 6.08 Å². The summed E-state index contributed by atoms with van der Waals surface area (Å²) in [5.41, 5.74) is 7.95. The molecule has 0 heterocycles. The summed E-state index contributed by atoms with van der Waals surface area (Å²) in [6.07, 6.45) is 2.62. The average molecular weight is 277 g/mol. The summed E-state index contributed by atoms with van der Waals surface area (Å²) >= 11 is 0. The molecule has 1 amide bonds. The van der Waals surface area contributed by atoms with Crippen molar-refractivity contribution in [2.24, 2.45) is 0 Å². The number of benzene rings is 1. The molecule has 0 aliphatic heterocycles. The number of ether oxygens (including phenoxy) is 1. The molecule has 5 heteroatoms. The molecule has 0 aromatic heterocycles. The molecule has 110 valence electrons. The Hall–Kier alpha value is -2.01. The summed E-state index contributed by atoms with van der Waals surface area (Å²) in [4.78, 5) is 13.8. The van der Waals surface area contributed by atoms with E-state index in [2.05, 4.69) is 11.9 Å². The van der Waals surface area contributed by atoms with E-state index in [0.29, 0.717) is 31.0 Å². The van der Waals surface area contributed by atoms with Crippen LogP contribution in [0.25, 0.3) is 0 Å². The first-order valence-electron chi connectivity index (χ1n) is 6.60. The molecule has 0 unspecified atom stereocenters. The van der Waals surface area contributed by atoms with Gasteiger partial charge in [0.05, 0.1) is 24.6 Å². The maximum atomic E-state index is 11.9. The third-order valence-corrected chi connectivity index (χ3v) is 2.77. The number of nitrogens with zero attached hydrogens (tertiary/aromatic N) is 1. The van der Waals surface area contributed by atoms with Gasteiger partial charge >= 0.3 is 0 Å². The summed E-state index contributed by atoms with van der Waals surface area (Å²) in [7, 11) is 3.82. The number of anilines is 2. The predicted molar refractivity (Wildman–Crippen MR) is 83.1 cm³/mol. The van der Waals surface area contributed by atoms with E-state index >= 15 is 0 Å². The lowest BCUT2D eigenvalue weighted by molar-refractivity contribution is 0.0918. The molecule has 20 heavy (non-hydrogen) atoms. The van der Waals surface area contributed by atoms with Crippen molar-refractivity contribution in [2.45, 2.75) is 6.42 Å². The zero-order valence-corrected chi connectivity index (χ0v) is 12.2. The van der Waals surface area contributed by atoms with E-state index in [9.17, 15) is 4.79 Å². The summed E-state index contributed by atoms with van der Waals surface area (Å²) in [6, 6.07) is 5.29. The third kappa shape index (κ3) is 4.93. The Bertz CT molecular complexity index is 458. The van der Waals surface area contributed by atoms with Gasteiger partial charge in [0.2, 0.25) is 0 Å². The monoisotopic (exact) mass is 277 g/mol. The van der Waals surface area contributed by atoms with Crippen LogP contribution >= 0.6 is 0 Å². The molecule has 0 aliphatic rings. The highest BCUT2D eigenvalue weighted by Gasteiger charge is 2.08. The molecule has 0 aliphatic carbocycles. The molecule has 0 bridgehead atoms. The fourth-order valence-corrected chi connectivity index (χ4v) is 1.71. The number of nitrogens with two attached hydrogens (primary N) is 1. The standard InChI is InChI=1S/C15H23N3O2/c1-4-5-9-20-10-8-17-15(19)12-6-7-14(18(2)3)13(16)11-12/h4,6-7,11H,1,5,8-10,16H2,2-3H3,(H,17,19). The van der Waals surface area contributed by atoms with Crippen LogP contribution in [-0.4, -0.2) is 39.8 Å². The minimum atomic E-state index is -0.144. The fraction of sp³-hybridized carbons (Fsp3) is 0.400. The highest BCUT2D eigenvalue weighted by molar-refractivity contribution is 5.96. The lowest BCUT2D eigenvalue weighted by Crippen LogP contribution is -2.27. The van der Waals surface area contributed by atoms with Crippen molar-refractivity contribution in [3.8, 4) is 0 Å². The molecule has 1 aromatic rings. The molecule has 1 rings (SSSR count). The summed E-state index contributed by atoms with van der Waals surface area (Å²) in [6.45, 7) is 5.21. The Morgan fingerprint density at radius 2 is 2.20 bits per heavy atom. The van der Waals surface area contributed by atoms with Crippen LogP contribution in [0.15, 0.2) is 30.9 Å². The van der Waals surface area contributed by atoms with Gasteiger partial charge in [-0.05, 0) is 24.6 Å². The van der Waals surface area contributed by atoms with Gasteiger partial charge < -0.3 is 20.7 Å². The first kappa shape index (κ1) is 16.0. The van der Waals surface area contributed by atoms with Crippen molar-refractivity contribution < 1.29 is 9.53 Å². The van der Waals surface area contributed by atoms with Crippen molar-refractivity contribution in [2.75, 3.05) is 44.5 Å². The normalized spacial score (nSPS) is 10.1. The number of hydrogen-bond donors (Lipinski definition) is 2. The lowest BCUT2D eigenvalue weighted by Gasteiger charge is -2.15. The summed E-state index contributed by atoms with van der Waals surface area (Å²) in [5.74, 6) is -0.144. The molecule has 0 atom stereocenters. The maximum Gasteiger partial charge on any atom is 0.251 e. The van der Waals surface area contributed by atoms with Gasteiger partial charge in [0.15, 0.2) is 0 Å². The van der Waals surface area contributed by atoms with Gasteiger partial charge in [-0.3, -0.25) is 4.79 Å². The molecule has 0 saturated carbocycles. The zero-order valence-electron chi connectivity index (χ0n) is 12.2. The van der Waals surface area contributed by atoms with Crippen molar-refractivity contribution in [3.63, 3.8) is 0 Å². The fourth-order valence-electron chi connectivity index (χ4n) is 1.71. The Balaban J connectivity index is 2.44. The van der Waals surface area contributed by atoms with Crippen LogP contribution in [0.5, 0.6) is 0 Å². The van der Waals surface area contributed by atoms with Gasteiger partial charge in [-0.2, -0.15) is 0 Å². The van der Waals surface area contributed by atoms with Crippen LogP contribution in [0.3, 0.4) is 0 Å². The maximum absolute atomic E-state index is 11.9. The van der Waals surface area contributed by atoms with E-state index in [0.717, 1.165) is 12.1 Å². The van der Waals surface area contributed by atoms with Crippen LogP contribution in [-0.2, 0) is 4.74 Å².